The van der Waals surface area contributed by atoms with Crippen LogP contribution in [0, 0.1) is 0 Å². The lowest BCUT2D eigenvalue weighted by Gasteiger charge is -2.22. The topological polar surface area (TPSA) is 52.3 Å². The third-order valence-electron chi connectivity index (χ3n) is 4.47. The first-order valence-electron chi connectivity index (χ1n) is 8.23. The van der Waals surface area contributed by atoms with Crippen LogP contribution in [0.5, 0.6) is 5.75 Å². The SMILES string of the molecule is COc1cc(C(C)(C)C)c2oc3cc(=O)c4ccccc4c-3nc2c1. The zero-order valence-electron chi connectivity index (χ0n) is 14.7. The molecule has 1 aliphatic heterocycles. The number of benzene rings is 3. The molecule has 0 fully saturated rings. The maximum Gasteiger partial charge on any atom is 0.190 e. The largest absolute Gasteiger partial charge is 0.497 e. The highest BCUT2D eigenvalue weighted by Crippen LogP contribution is 2.37. The van der Waals surface area contributed by atoms with Crippen molar-refractivity contribution in [2.75, 3.05) is 7.11 Å². The van der Waals surface area contributed by atoms with Crippen LogP contribution in [0.1, 0.15) is 26.3 Å². The Morgan fingerprint density at radius 3 is 2.44 bits per heavy atom. The van der Waals surface area contributed by atoms with Crippen LogP contribution in [0.3, 0.4) is 0 Å². The Kier molecular flexibility index (Phi) is 3.32. The van der Waals surface area contributed by atoms with E-state index in [0.29, 0.717) is 22.4 Å². The second-order valence-corrected chi connectivity index (χ2v) is 7.25. The number of hydrogen-bond acceptors (Lipinski definition) is 4. The smallest absolute Gasteiger partial charge is 0.190 e. The van der Waals surface area contributed by atoms with E-state index in [1.54, 1.807) is 7.11 Å². The quantitative estimate of drug-likeness (QED) is 0.372. The fraction of sp³-hybridized carbons (Fsp3) is 0.238. The predicted molar refractivity (Wildman–Crippen MR) is 99.7 cm³/mol. The van der Waals surface area contributed by atoms with Gasteiger partial charge in [-0.3, -0.25) is 4.79 Å². The zero-order chi connectivity index (χ0) is 17.8. The first-order chi connectivity index (χ1) is 11.9. The van der Waals surface area contributed by atoms with E-state index in [1.807, 2.05) is 36.4 Å². The van der Waals surface area contributed by atoms with Crippen molar-refractivity contribution in [1.82, 2.24) is 4.98 Å². The van der Waals surface area contributed by atoms with E-state index >= 15 is 0 Å². The Bertz CT molecular complexity index is 1140. The molecular weight excluding hydrogens is 314 g/mol. The summed E-state index contributed by atoms with van der Waals surface area (Å²) in [6.45, 7) is 6.33. The molecule has 1 aliphatic carbocycles. The first-order valence-corrected chi connectivity index (χ1v) is 8.23. The Hall–Kier alpha value is -2.88. The van der Waals surface area contributed by atoms with Crippen molar-refractivity contribution in [2.24, 2.45) is 0 Å². The van der Waals surface area contributed by atoms with Crippen molar-refractivity contribution >= 4 is 21.9 Å². The summed E-state index contributed by atoms with van der Waals surface area (Å²) >= 11 is 0. The summed E-state index contributed by atoms with van der Waals surface area (Å²) < 4.78 is 11.6. The van der Waals surface area contributed by atoms with Gasteiger partial charge in [0, 0.05) is 28.5 Å². The Morgan fingerprint density at radius 1 is 1.04 bits per heavy atom. The van der Waals surface area contributed by atoms with Crippen molar-refractivity contribution < 1.29 is 9.15 Å². The van der Waals surface area contributed by atoms with Crippen LogP contribution in [0.4, 0.5) is 0 Å². The summed E-state index contributed by atoms with van der Waals surface area (Å²) in [5, 5.41) is 1.45. The van der Waals surface area contributed by atoms with Crippen LogP contribution in [-0.4, -0.2) is 12.1 Å². The minimum atomic E-state index is -0.150. The summed E-state index contributed by atoms with van der Waals surface area (Å²) in [6, 6.07) is 12.8. The average molecular weight is 333 g/mol. The molecule has 0 N–H and O–H groups in total. The molecule has 2 aliphatic rings. The normalized spacial score (nSPS) is 12.2. The van der Waals surface area contributed by atoms with Crippen LogP contribution in [-0.2, 0) is 5.41 Å². The van der Waals surface area contributed by atoms with Crippen molar-refractivity contribution in [3.8, 4) is 17.2 Å². The number of nitrogens with zero attached hydrogens (tertiary/aromatic N) is 1. The molecule has 0 spiro atoms. The molecule has 0 radical (unpaired) electrons. The molecule has 4 heteroatoms. The Labute approximate surface area is 145 Å². The number of ether oxygens (including phenoxy) is 1. The fourth-order valence-electron chi connectivity index (χ4n) is 3.18. The fourth-order valence-corrected chi connectivity index (χ4v) is 3.18. The molecule has 0 atom stereocenters. The first kappa shape index (κ1) is 15.6. The minimum Gasteiger partial charge on any atom is -0.497 e. The standard InChI is InChI=1S/C21H19NO3/c1-21(2,3)15-9-12(24-4)10-16-20(15)25-18-11-17(23)13-7-5-6-8-14(13)19(18)22-16/h5-11H,1-4H3. The van der Waals surface area contributed by atoms with Gasteiger partial charge in [0.2, 0.25) is 0 Å². The lowest BCUT2D eigenvalue weighted by atomic mass is 9.86. The molecule has 1 heterocycles. The van der Waals surface area contributed by atoms with Gasteiger partial charge in [-0.15, -0.1) is 0 Å². The van der Waals surface area contributed by atoms with Crippen LogP contribution >= 0.6 is 0 Å². The van der Waals surface area contributed by atoms with Crippen molar-refractivity contribution in [2.45, 2.75) is 26.2 Å². The van der Waals surface area contributed by atoms with E-state index in [4.69, 9.17) is 14.1 Å². The third kappa shape index (κ3) is 2.45. The van der Waals surface area contributed by atoms with Crippen LogP contribution in [0.25, 0.3) is 33.3 Å². The van der Waals surface area contributed by atoms with Gasteiger partial charge >= 0.3 is 0 Å². The summed E-state index contributed by atoms with van der Waals surface area (Å²) in [6.07, 6.45) is 0. The average Bonchev–Trinajstić information content (AvgIpc) is 2.59. The zero-order valence-corrected chi connectivity index (χ0v) is 14.7. The highest BCUT2D eigenvalue weighted by Gasteiger charge is 2.23. The molecule has 0 bridgehead atoms. The van der Waals surface area contributed by atoms with Crippen molar-refractivity contribution in [3.63, 3.8) is 0 Å². The lowest BCUT2D eigenvalue weighted by molar-refractivity contribution is 0.412. The lowest BCUT2D eigenvalue weighted by Crippen LogP contribution is -2.13. The molecule has 0 amide bonds. The molecule has 0 unspecified atom stereocenters. The highest BCUT2D eigenvalue weighted by molar-refractivity contribution is 5.96. The molecule has 0 saturated carbocycles. The van der Waals surface area contributed by atoms with Gasteiger partial charge in [0.05, 0.1) is 7.11 Å². The predicted octanol–water partition coefficient (Wildman–Crippen LogP) is 4.75. The number of hydrogen-bond donors (Lipinski definition) is 0. The van der Waals surface area contributed by atoms with Crippen molar-refractivity contribution in [1.29, 1.82) is 0 Å². The van der Waals surface area contributed by atoms with E-state index < -0.39 is 0 Å². The molecule has 25 heavy (non-hydrogen) atoms. The Morgan fingerprint density at radius 2 is 1.76 bits per heavy atom. The third-order valence-corrected chi connectivity index (χ3v) is 4.47. The molecule has 126 valence electrons. The molecule has 4 nitrogen and oxygen atoms in total. The summed E-state index contributed by atoms with van der Waals surface area (Å²) in [4.78, 5) is 17.2. The van der Waals surface area contributed by atoms with Gasteiger partial charge < -0.3 is 9.15 Å². The molecular formula is C21H19NO3. The Balaban J connectivity index is 2.20. The minimum absolute atomic E-state index is 0.0566. The molecule has 2 aromatic rings. The van der Waals surface area contributed by atoms with Crippen LogP contribution in [0.15, 0.2) is 51.7 Å². The molecule has 0 saturated heterocycles. The van der Waals surface area contributed by atoms with Gasteiger partial charge in [-0.25, -0.2) is 4.98 Å². The summed E-state index contributed by atoms with van der Waals surface area (Å²) in [7, 11) is 1.64. The van der Waals surface area contributed by atoms with E-state index in [-0.39, 0.29) is 10.8 Å². The van der Waals surface area contributed by atoms with Crippen molar-refractivity contribution in [3.05, 3.63) is 58.3 Å². The van der Waals surface area contributed by atoms with E-state index in [2.05, 4.69) is 20.8 Å². The molecule has 4 rings (SSSR count). The monoisotopic (exact) mass is 333 g/mol. The van der Waals surface area contributed by atoms with Crippen LogP contribution in [0.2, 0.25) is 0 Å². The van der Waals surface area contributed by atoms with Gasteiger partial charge in [-0.1, -0.05) is 45.0 Å². The number of fused-ring (bicyclic) bond motifs is 4. The van der Waals surface area contributed by atoms with E-state index in [9.17, 15) is 4.79 Å². The second-order valence-electron chi connectivity index (χ2n) is 7.25. The molecule has 2 aromatic carbocycles. The van der Waals surface area contributed by atoms with Gasteiger partial charge in [0.15, 0.2) is 16.8 Å². The van der Waals surface area contributed by atoms with E-state index in [0.717, 1.165) is 22.2 Å². The maximum atomic E-state index is 12.4. The van der Waals surface area contributed by atoms with Crippen LogP contribution < -0.4 is 10.2 Å². The van der Waals surface area contributed by atoms with E-state index in [1.165, 1.54) is 6.07 Å². The maximum absolute atomic E-state index is 12.4. The summed E-state index contributed by atoms with van der Waals surface area (Å²) in [5.41, 5.74) is 2.89. The highest BCUT2D eigenvalue weighted by atomic mass is 16.5. The summed E-state index contributed by atoms with van der Waals surface area (Å²) in [5.74, 6) is 1.25. The number of aromatic nitrogens is 1. The number of methoxy groups -OCH3 is 1. The van der Waals surface area contributed by atoms with Gasteiger partial charge in [0.25, 0.3) is 0 Å². The molecule has 0 aromatic heterocycles. The second kappa shape index (κ2) is 5.31. The van der Waals surface area contributed by atoms with Gasteiger partial charge in [-0.2, -0.15) is 0 Å². The number of rotatable bonds is 1. The van der Waals surface area contributed by atoms with Gasteiger partial charge in [-0.05, 0) is 11.5 Å². The van der Waals surface area contributed by atoms with Gasteiger partial charge in [0.1, 0.15) is 17.0 Å².